The maximum Gasteiger partial charge on any atom is 0.319 e. The van der Waals surface area contributed by atoms with Gasteiger partial charge >= 0.3 is 6.03 Å². The molecule has 2 saturated heterocycles. The van der Waals surface area contributed by atoms with Gasteiger partial charge in [0, 0.05) is 42.6 Å². The average molecular weight is 495 g/mol. The quantitative estimate of drug-likeness (QED) is 0.561. The number of carbonyl (C=O) groups excluding carboxylic acids is 3. The van der Waals surface area contributed by atoms with Crippen LogP contribution in [0.4, 0.5) is 25.0 Å². The molecule has 3 aliphatic rings. The molecule has 4 amide bonds. The molecule has 1 unspecified atom stereocenters. The van der Waals surface area contributed by atoms with E-state index in [0.29, 0.717) is 36.6 Å². The monoisotopic (exact) mass is 495 g/mol. The third-order valence-corrected chi connectivity index (χ3v) is 6.98. The van der Waals surface area contributed by atoms with Gasteiger partial charge in [-0.15, -0.1) is 0 Å². The van der Waals surface area contributed by atoms with Crippen LogP contribution in [-0.4, -0.2) is 43.1 Å². The van der Waals surface area contributed by atoms with Gasteiger partial charge in [0.05, 0.1) is 41.6 Å². The van der Waals surface area contributed by atoms with Crippen molar-refractivity contribution in [3.8, 4) is 11.8 Å². The van der Waals surface area contributed by atoms with E-state index < -0.39 is 29.5 Å². The maximum atomic E-state index is 15.4. The number of urea groups is 1. The van der Waals surface area contributed by atoms with Crippen LogP contribution < -0.4 is 25.6 Å². The lowest BCUT2D eigenvalue weighted by molar-refractivity contribution is -0.134. The molecular formula is C25H23F2N5O4. The molecule has 11 heteroatoms. The zero-order valence-corrected chi connectivity index (χ0v) is 19.4. The topological polar surface area (TPSA) is 124 Å². The largest absolute Gasteiger partial charge is 0.491 e. The number of rotatable bonds is 4. The number of hydrogen-bond donors (Lipinski definition) is 3. The first kappa shape index (κ1) is 23.5. The summed E-state index contributed by atoms with van der Waals surface area (Å²) in [5.74, 6) is -2.33. The molecule has 0 radical (unpaired) electrons. The molecule has 3 heterocycles. The van der Waals surface area contributed by atoms with Gasteiger partial charge in [-0.2, -0.15) is 5.26 Å². The highest BCUT2D eigenvalue weighted by Gasteiger charge is 2.41. The summed E-state index contributed by atoms with van der Waals surface area (Å²) in [6, 6.07) is 5.83. The standard InChI is InChI=1S/C25H23F2N5O4/c1-12-19(30-25(35)29-18-4-2-13(10-28)8-16(18)26)11-32(12)20-9-17(27)22(14-6-7-36-23(14)20)15-3-5-21(33)31-24(15)34/h2,4,8-9,12,15,19H,3,5-7,11H2,1H3,(H2,29,30,35)(H,31,33,34)/t12-,15?,19-/m0/s1. The summed E-state index contributed by atoms with van der Waals surface area (Å²) in [6.45, 7) is 2.59. The lowest BCUT2D eigenvalue weighted by atomic mass is 9.85. The van der Waals surface area contributed by atoms with Crippen LogP contribution in [0.1, 0.15) is 42.4 Å². The van der Waals surface area contributed by atoms with Crippen molar-refractivity contribution in [1.29, 1.82) is 5.26 Å². The first-order valence-corrected chi connectivity index (χ1v) is 11.6. The van der Waals surface area contributed by atoms with E-state index in [4.69, 9.17) is 10.00 Å². The van der Waals surface area contributed by atoms with Gasteiger partial charge in [0.25, 0.3) is 0 Å². The highest BCUT2D eigenvalue weighted by atomic mass is 19.1. The predicted octanol–water partition coefficient (Wildman–Crippen LogP) is 2.69. The Bertz CT molecular complexity index is 1320. The molecule has 0 aliphatic carbocycles. The van der Waals surface area contributed by atoms with E-state index in [2.05, 4.69) is 16.0 Å². The Labute approximate surface area is 205 Å². The van der Waals surface area contributed by atoms with Crippen molar-refractivity contribution in [1.82, 2.24) is 10.6 Å². The highest BCUT2D eigenvalue weighted by molar-refractivity contribution is 6.01. The number of ether oxygens (including phenoxy) is 1. The van der Waals surface area contributed by atoms with E-state index in [9.17, 15) is 18.8 Å². The molecule has 0 spiro atoms. The summed E-state index contributed by atoms with van der Waals surface area (Å²) >= 11 is 0. The summed E-state index contributed by atoms with van der Waals surface area (Å²) in [7, 11) is 0. The van der Waals surface area contributed by atoms with E-state index in [1.54, 1.807) is 0 Å². The van der Waals surface area contributed by atoms with Crippen LogP contribution in [0.2, 0.25) is 0 Å². The maximum absolute atomic E-state index is 15.4. The number of imide groups is 1. The minimum Gasteiger partial charge on any atom is -0.491 e. The molecule has 3 atom stereocenters. The number of nitrogens with one attached hydrogen (secondary N) is 3. The van der Waals surface area contributed by atoms with Crippen LogP contribution >= 0.6 is 0 Å². The van der Waals surface area contributed by atoms with Gasteiger partial charge in [-0.3, -0.25) is 14.9 Å². The lowest BCUT2D eigenvalue weighted by Gasteiger charge is -2.48. The van der Waals surface area contributed by atoms with Crippen molar-refractivity contribution in [2.75, 3.05) is 23.4 Å². The third kappa shape index (κ3) is 4.08. The summed E-state index contributed by atoms with van der Waals surface area (Å²) < 4.78 is 35.3. The molecule has 0 bridgehead atoms. The fourth-order valence-electron chi connectivity index (χ4n) is 5.01. The number of carbonyl (C=O) groups is 3. The molecule has 5 rings (SSSR count). The van der Waals surface area contributed by atoms with Gasteiger partial charge in [-0.25, -0.2) is 13.6 Å². The molecule has 3 N–H and O–H groups in total. The zero-order valence-electron chi connectivity index (χ0n) is 19.4. The SMILES string of the molecule is C[C@H]1[C@@H](NC(=O)Nc2ccc(C#N)cc2F)CN1c1cc(F)c(C2CCC(=O)NC2=O)c2c1OCC2. The number of anilines is 2. The number of piperidine rings is 1. The van der Waals surface area contributed by atoms with Crippen molar-refractivity contribution in [3.05, 3.63) is 52.6 Å². The summed E-state index contributed by atoms with van der Waals surface area (Å²) in [4.78, 5) is 38.2. The Balaban J connectivity index is 1.29. The molecule has 3 aliphatic heterocycles. The van der Waals surface area contributed by atoms with Crippen LogP contribution in [0, 0.1) is 23.0 Å². The molecule has 2 aromatic rings. The van der Waals surface area contributed by atoms with Crippen LogP contribution in [0.5, 0.6) is 5.75 Å². The van der Waals surface area contributed by atoms with Crippen LogP contribution in [-0.2, 0) is 16.0 Å². The predicted molar refractivity (Wildman–Crippen MR) is 125 cm³/mol. The zero-order chi connectivity index (χ0) is 25.6. The van der Waals surface area contributed by atoms with Crippen LogP contribution in [0.25, 0.3) is 0 Å². The number of nitrogens with zero attached hydrogens (tertiary/aromatic N) is 2. The van der Waals surface area contributed by atoms with Gasteiger partial charge in [0.2, 0.25) is 11.8 Å². The molecule has 36 heavy (non-hydrogen) atoms. The Kier molecular flexibility index (Phi) is 5.96. The van der Waals surface area contributed by atoms with E-state index >= 15 is 4.39 Å². The highest BCUT2D eigenvalue weighted by Crippen LogP contribution is 2.46. The Morgan fingerprint density at radius 1 is 1.22 bits per heavy atom. The van der Waals surface area contributed by atoms with Crippen molar-refractivity contribution in [2.24, 2.45) is 0 Å². The first-order valence-electron chi connectivity index (χ1n) is 11.6. The number of halogens is 2. The van der Waals surface area contributed by atoms with Gasteiger partial charge in [0.15, 0.2) is 0 Å². The van der Waals surface area contributed by atoms with Crippen molar-refractivity contribution in [3.63, 3.8) is 0 Å². The van der Waals surface area contributed by atoms with E-state index in [0.717, 1.165) is 6.07 Å². The second-order valence-corrected chi connectivity index (χ2v) is 9.11. The van der Waals surface area contributed by atoms with Crippen LogP contribution in [0.3, 0.4) is 0 Å². The number of nitriles is 1. The van der Waals surface area contributed by atoms with Crippen molar-refractivity contribution < 1.29 is 27.9 Å². The summed E-state index contributed by atoms with van der Waals surface area (Å²) in [5.41, 5.74) is 1.56. The number of hydrogen-bond acceptors (Lipinski definition) is 6. The van der Waals surface area contributed by atoms with Crippen molar-refractivity contribution >= 4 is 29.2 Å². The number of benzene rings is 2. The van der Waals surface area contributed by atoms with Gasteiger partial charge in [-0.1, -0.05) is 0 Å². The van der Waals surface area contributed by atoms with E-state index in [1.165, 1.54) is 18.2 Å². The molecule has 2 aromatic carbocycles. The van der Waals surface area contributed by atoms with E-state index in [-0.39, 0.29) is 47.6 Å². The molecule has 0 saturated carbocycles. The average Bonchev–Trinajstić information content (AvgIpc) is 3.33. The summed E-state index contributed by atoms with van der Waals surface area (Å²) in [5, 5.41) is 16.3. The molecule has 0 aromatic heterocycles. The fraction of sp³-hybridized carbons (Fsp3) is 0.360. The smallest absolute Gasteiger partial charge is 0.319 e. The Morgan fingerprint density at radius 3 is 2.72 bits per heavy atom. The number of amides is 4. The van der Waals surface area contributed by atoms with Gasteiger partial charge in [0.1, 0.15) is 17.4 Å². The molecule has 2 fully saturated rings. The minimum atomic E-state index is -0.748. The fourth-order valence-corrected chi connectivity index (χ4v) is 5.01. The molecular weight excluding hydrogens is 472 g/mol. The van der Waals surface area contributed by atoms with Gasteiger partial charge in [-0.05, 0) is 31.5 Å². The summed E-state index contributed by atoms with van der Waals surface area (Å²) in [6.07, 6.45) is 0.849. The first-order chi connectivity index (χ1) is 17.3. The second-order valence-electron chi connectivity index (χ2n) is 9.11. The number of fused-ring (bicyclic) bond motifs is 1. The minimum absolute atomic E-state index is 0.0485. The van der Waals surface area contributed by atoms with Crippen molar-refractivity contribution in [2.45, 2.75) is 44.2 Å². The Hall–Kier alpha value is -4.20. The van der Waals surface area contributed by atoms with E-state index in [1.807, 2.05) is 17.9 Å². The van der Waals surface area contributed by atoms with Crippen LogP contribution in [0.15, 0.2) is 24.3 Å². The second kappa shape index (κ2) is 9.11. The lowest BCUT2D eigenvalue weighted by Crippen LogP contribution is -2.66. The Morgan fingerprint density at radius 2 is 2.03 bits per heavy atom. The molecule has 186 valence electrons. The third-order valence-electron chi connectivity index (χ3n) is 6.98. The normalized spacial score (nSPS) is 22.6. The van der Waals surface area contributed by atoms with Gasteiger partial charge < -0.3 is 20.3 Å². The molecule has 9 nitrogen and oxygen atoms in total.